The van der Waals surface area contributed by atoms with E-state index in [-0.39, 0.29) is 150 Å². The second-order valence-electron chi connectivity index (χ2n) is 33.8. The number of carbonyl (C=O) groups is 13. The lowest BCUT2D eigenvalue weighted by Gasteiger charge is -2.41. The van der Waals surface area contributed by atoms with Gasteiger partial charge in [-0.05, 0) is 127 Å². The number of nitrogens with one attached hydrogen (secondary N) is 7. The van der Waals surface area contributed by atoms with Crippen LogP contribution in [0.3, 0.4) is 0 Å². The van der Waals surface area contributed by atoms with Crippen LogP contribution >= 0.6 is 11.3 Å². The van der Waals surface area contributed by atoms with Crippen molar-refractivity contribution in [2.24, 2.45) is 52.6 Å². The number of primary amides is 1. The van der Waals surface area contributed by atoms with Gasteiger partial charge in [0.1, 0.15) is 12.4 Å². The second kappa shape index (κ2) is 48.3. The van der Waals surface area contributed by atoms with Crippen LogP contribution in [0.5, 0.6) is 0 Å². The molecule has 27 nitrogen and oxygen atoms in total. The normalized spacial score (nSPS) is 16.0. The molecular weight excluding hydrogens is 1480 g/mol. The molecule has 1 saturated heterocycles. The summed E-state index contributed by atoms with van der Waals surface area (Å²) in [6, 6.07) is 13.0. The molecule has 638 valence electrons. The fraction of sp³-hybridized carbons (Fsp3) is 0.674. The summed E-state index contributed by atoms with van der Waals surface area (Å²) in [6.07, 6.45) is 3.41. The number of likely N-dealkylation sites (N-methyl/N-ethyl adjacent to an activating group) is 1. The van der Waals surface area contributed by atoms with Crippen molar-refractivity contribution in [3.05, 3.63) is 82.3 Å². The van der Waals surface area contributed by atoms with E-state index in [1.807, 2.05) is 117 Å². The predicted octanol–water partition coefficient (Wildman–Crippen LogP) is 11.2. The zero-order valence-corrected chi connectivity index (χ0v) is 71.5. The van der Waals surface area contributed by atoms with Gasteiger partial charge in [0.25, 0.3) is 0 Å². The Labute approximate surface area is 681 Å². The first-order valence-corrected chi connectivity index (χ1v) is 41.1. The van der Waals surface area contributed by atoms with Gasteiger partial charge in [-0.2, -0.15) is 0 Å². The van der Waals surface area contributed by atoms with Crippen molar-refractivity contribution >= 4 is 93.5 Å². The standard InChI is InChI=1S/C85H133N11O16S.CH4/c1-20-54(6)74(69(110-18)49-72(103)96-42-27-32-66(96)75(111-19)55(7)67(99)47-61(79-88-41-43-113-79)44-57-28-22-21-23-29-57)95(17)80(107)64(52(2)3)48-70(101)85(15,16)94-82(109)112-51-58-33-35-62(36-34-58)91-77(105)60(31-26-40-89-81(86)108)46-68(100)73(53(4)5)92-78(106)59(45-63(98)50-90-56(8)97)30-24-25-39-87-71(102)38-37-65(93-84(12,13)14)76(104)83(9,10)11;/h21-23,28-29,33-36,41,43,52-55,59-61,64-66,69,73-75,93H,20,24-27,30-32,37-40,42,44-51H2,1-19H3,(H,87,102)(H,90,97)(H,91,105)(H,92,106)(H,94,109)(H3,86,89,108);1H4/t54-,55-,59+,60+,61+,64-,65+,66-,69+,73-,74-,75+;/m0./s1. The number of urea groups is 1. The van der Waals surface area contributed by atoms with E-state index in [2.05, 4.69) is 42.2 Å². The molecule has 0 bridgehead atoms. The Morgan fingerprint density at radius 3 is 1.93 bits per heavy atom. The maximum Gasteiger partial charge on any atom is 0.408 e. The van der Waals surface area contributed by atoms with Crippen LogP contribution in [-0.2, 0) is 80.0 Å². The minimum Gasteiger partial charge on any atom is -0.445 e. The molecule has 1 aromatic heterocycles. The number of carbonyl (C=O) groups excluding carboxylic acids is 13. The molecule has 9 N–H and O–H groups in total. The molecule has 9 amide bonds. The van der Waals surface area contributed by atoms with E-state index in [1.54, 1.807) is 63.4 Å². The van der Waals surface area contributed by atoms with Gasteiger partial charge in [0.15, 0.2) is 23.1 Å². The molecule has 1 aliphatic rings. The molecule has 0 radical (unpaired) electrons. The molecule has 28 heteroatoms. The highest BCUT2D eigenvalue weighted by atomic mass is 32.1. The predicted molar refractivity (Wildman–Crippen MR) is 444 cm³/mol. The third kappa shape index (κ3) is 33.5. The smallest absolute Gasteiger partial charge is 0.408 e. The zero-order chi connectivity index (χ0) is 84.7. The van der Waals surface area contributed by atoms with Crippen molar-refractivity contribution in [3.8, 4) is 0 Å². The molecule has 4 rings (SSSR count). The number of thiazole rings is 1. The van der Waals surface area contributed by atoms with Crippen molar-refractivity contribution in [1.82, 2.24) is 46.7 Å². The fourth-order valence-corrected chi connectivity index (χ4v) is 15.3. The molecule has 1 aliphatic heterocycles. The Morgan fingerprint density at radius 2 is 1.36 bits per heavy atom. The van der Waals surface area contributed by atoms with E-state index < -0.39 is 118 Å². The Bertz CT molecular complexity index is 3600. The molecule has 0 unspecified atom stereocenters. The quantitative estimate of drug-likeness (QED) is 0.0243. The number of ether oxygens (including phenoxy) is 3. The minimum absolute atomic E-state index is 0. The van der Waals surface area contributed by atoms with Crippen molar-refractivity contribution in [1.29, 1.82) is 0 Å². The van der Waals surface area contributed by atoms with Gasteiger partial charge in [0, 0.05) is 138 Å². The number of amides is 9. The number of anilines is 1. The highest BCUT2D eigenvalue weighted by Crippen LogP contribution is 2.35. The van der Waals surface area contributed by atoms with Gasteiger partial charge in [0.05, 0.1) is 59.9 Å². The summed E-state index contributed by atoms with van der Waals surface area (Å²) >= 11 is 1.53. The summed E-state index contributed by atoms with van der Waals surface area (Å²) in [6.45, 7) is 29.0. The largest absolute Gasteiger partial charge is 0.445 e. The lowest BCUT2D eigenvalue weighted by Crippen LogP contribution is -2.55. The molecule has 114 heavy (non-hydrogen) atoms. The summed E-state index contributed by atoms with van der Waals surface area (Å²) in [7, 11) is 4.78. The van der Waals surface area contributed by atoms with Gasteiger partial charge in [-0.25, -0.2) is 14.6 Å². The number of methoxy groups -OCH3 is 2. The number of hydrogen-bond donors (Lipinski definition) is 8. The van der Waals surface area contributed by atoms with Crippen molar-refractivity contribution in [2.45, 2.75) is 281 Å². The Hall–Kier alpha value is -8.34. The highest BCUT2D eigenvalue weighted by Gasteiger charge is 2.45. The number of nitrogens with two attached hydrogens (primary N) is 1. The van der Waals surface area contributed by atoms with Crippen LogP contribution < -0.4 is 43.0 Å². The first-order chi connectivity index (χ1) is 53.0. The van der Waals surface area contributed by atoms with Gasteiger partial charge in [-0.1, -0.05) is 132 Å². The van der Waals surface area contributed by atoms with Crippen LogP contribution in [0.1, 0.15) is 237 Å². The molecule has 0 aliphatic carbocycles. The Kier molecular flexibility index (Phi) is 42.3. The lowest BCUT2D eigenvalue weighted by molar-refractivity contribution is -0.149. The number of likely N-dealkylation sites (tertiary alicyclic amines) is 1. The van der Waals surface area contributed by atoms with Gasteiger partial charge in [-0.15, -0.1) is 11.3 Å². The summed E-state index contributed by atoms with van der Waals surface area (Å²) in [5.41, 5.74) is 4.79. The molecule has 0 saturated carbocycles. The van der Waals surface area contributed by atoms with Crippen molar-refractivity contribution < 1.29 is 76.5 Å². The number of hydrogen-bond acceptors (Lipinski definition) is 19. The van der Waals surface area contributed by atoms with Crippen LogP contribution in [0.25, 0.3) is 0 Å². The highest BCUT2D eigenvalue weighted by molar-refractivity contribution is 7.09. The first kappa shape index (κ1) is 99.9. The van der Waals surface area contributed by atoms with Crippen LogP contribution in [0.4, 0.5) is 15.3 Å². The van der Waals surface area contributed by atoms with Crippen molar-refractivity contribution in [2.75, 3.05) is 52.8 Å². The van der Waals surface area contributed by atoms with E-state index in [9.17, 15) is 62.3 Å². The van der Waals surface area contributed by atoms with Gasteiger partial charge in [0.2, 0.25) is 35.4 Å². The van der Waals surface area contributed by atoms with E-state index >= 15 is 0 Å². The SMILES string of the molecule is C.CC[C@H](C)[C@@H]([C@@H](CC(=O)N1CCC[C@H]1[C@H](OC)[C@@H](C)C(=O)C[C@@H](Cc1ccccc1)c1nccs1)OC)N(C)C(=O)[C@@H](CC(=O)C(C)(C)NC(=O)OCc1ccc(NC(=O)[C@H](CCCNC(N)=O)CC(=O)[C@@H](NC(=O)[C@H](CCCCNC(=O)CC[C@@H](NC(C)(C)C)C(=O)C(C)(C)C)CC(=O)CNC(C)=O)C(C)C)cc1)C(C)C. The monoisotopic (exact) mass is 1610 g/mol. The third-order valence-corrected chi connectivity index (χ3v) is 22.3. The topological polar surface area (TPSA) is 379 Å². The fourth-order valence-electron chi connectivity index (χ4n) is 14.6. The number of benzene rings is 2. The zero-order valence-electron chi connectivity index (χ0n) is 70.6. The summed E-state index contributed by atoms with van der Waals surface area (Å²) in [5, 5.41) is 22.4. The van der Waals surface area contributed by atoms with E-state index in [0.717, 1.165) is 17.0 Å². The van der Waals surface area contributed by atoms with E-state index in [0.29, 0.717) is 56.3 Å². The van der Waals surface area contributed by atoms with Gasteiger partial charge in [-0.3, -0.25) is 52.7 Å². The van der Waals surface area contributed by atoms with Crippen LogP contribution in [0, 0.1) is 46.8 Å². The summed E-state index contributed by atoms with van der Waals surface area (Å²) < 4.78 is 17.9. The number of Topliss-reactive ketones (excluding diaryl/α,β-unsaturated/α-hetero) is 5. The third-order valence-electron chi connectivity index (χ3n) is 21.3. The van der Waals surface area contributed by atoms with E-state index in [4.69, 9.17) is 19.9 Å². The van der Waals surface area contributed by atoms with E-state index in [1.165, 1.54) is 39.2 Å². The molecule has 3 aromatic rings. The first-order valence-electron chi connectivity index (χ1n) is 40.2. The number of ketones is 5. The van der Waals surface area contributed by atoms with Crippen LogP contribution in [0.15, 0.2) is 66.2 Å². The average molecular weight is 1610 g/mol. The van der Waals surface area contributed by atoms with Crippen LogP contribution in [0.2, 0.25) is 0 Å². The molecule has 0 spiro atoms. The summed E-state index contributed by atoms with van der Waals surface area (Å²) in [5.74, 6) is -7.89. The maximum absolute atomic E-state index is 14.9. The Balaban J connectivity index is 0.0000336. The maximum atomic E-state index is 14.9. The second-order valence-corrected chi connectivity index (χ2v) is 34.8. The van der Waals surface area contributed by atoms with Crippen molar-refractivity contribution in [3.63, 3.8) is 0 Å². The number of rotatable bonds is 50. The molecule has 12 atom stereocenters. The minimum atomic E-state index is -1.50. The molecule has 1 fully saturated rings. The number of nitrogens with zero attached hydrogens (tertiary/aromatic N) is 3. The summed E-state index contributed by atoms with van der Waals surface area (Å²) in [4.78, 5) is 185. The lowest BCUT2D eigenvalue weighted by atomic mass is 9.83. The number of alkyl carbamates (subject to hydrolysis) is 1. The number of aromatic nitrogens is 1. The van der Waals surface area contributed by atoms with Gasteiger partial charge < -0.3 is 67.0 Å². The van der Waals surface area contributed by atoms with Crippen LogP contribution in [-0.4, -0.2) is 186 Å². The average Bonchev–Trinajstić information content (AvgIpc) is 1.24. The number of unbranched alkanes of at least 4 members (excludes halogenated alkanes) is 1. The molecular formula is C86H137N11O16S. The Morgan fingerprint density at radius 1 is 0.719 bits per heavy atom. The van der Waals surface area contributed by atoms with Gasteiger partial charge >= 0.3 is 12.1 Å². The molecule has 2 heterocycles. The molecule has 2 aromatic carbocycles.